The second-order valence-corrected chi connectivity index (χ2v) is 4.66. The summed E-state index contributed by atoms with van der Waals surface area (Å²) < 4.78 is 32.0. The number of hydrogen-bond acceptors (Lipinski definition) is 2. The fourth-order valence-electron chi connectivity index (χ4n) is 2.44. The molecule has 0 bridgehead atoms. The van der Waals surface area contributed by atoms with E-state index in [1.165, 1.54) is 12.1 Å². The summed E-state index contributed by atoms with van der Waals surface area (Å²) in [5.74, 6) is -1.29. The summed E-state index contributed by atoms with van der Waals surface area (Å²) in [6, 6.07) is 10.8. The molecule has 0 spiro atoms. The first kappa shape index (κ1) is 12.1. The largest absolute Gasteiger partial charge is 0.485 e. The Hall–Kier alpha value is -1.94. The monoisotopic (exact) mass is 261 g/mol. The van der Waals surface area contributed by atoms with Crippen LogP contribution in [0.5, 0.6) is 5.75 Å². The average molecular weight is 261 g/mol. The Kier molecular flexibility index (Phi) is 2.95. The number of fused-ring (bicyclic) bond motifs is 1. The summed E-state index contributed by atoms with van der Waals surface area (Å²) in [6.07, 6.45) is 0.311. The van der Waals surface area contributed by atoms with E-state index in [-0.39, 0.29) is 17.9 Å². The third kappa shape index (κ3) is 2.19. The number of hydrogen-bond donors (Lipinski definition) is 1. The first-order valence-electron chi connectivity index (χ1n) is 6.10. The molecule has 2 nitrogen and oxygen atoms in total. The summed E-state index contributed by atoms with van der Waals surface area (Å²) >= 11 is 0. The van der Waals surface area contributed by atoms with Crippen molar-refractivity contribution >= 4 is 0 Å². The highest BCUT2D eigenvalue weighted by atomic mass is 19.1. The molecule has 1 aliphatic carbocycles. The number of halogens is 2. The van der Waals surface area contributed by atoms with Gasteiger partial charge < -0.3 is 10.5 Å². The van der Waals surface area contributed by atoms with Gasteiger partial charge >= 0.3 is 0 Å². The normalized spacial score (nSPS) is 21.2. The van der Waals surface area contributed by atoms with E-state index in [1.807, 2.05) is 24.3 Å². The summed E-state index contributed by atoms with van der Waals surface area (Å²) in [6.45, 7) is 0. The van der Waals surface area contributed by atoms with Crippen molar-refractivity contribution in [1.29, 1.82) is 0 Å². The Morgan fingerprint density at radius 1 is 1.11 bits per heavy atom. The lowest BCUT2D eigenvalue weighted by Crippen LogP contribution is -2.28. The number of nitrogens with two attached hydrogens (primary N) is 1. The summed E-state index contributed by atoms with van der Waals surface area (Å²) in [7, 11) is 0. The van der Waals surface area contributed by atoms with E-state index < -0.39 is 11.6 Å². The SMILES string of the molecule is NC1c2ccccc2CC1Oc1ccc(F)cc1F. The minimum absolute atomic E-state index is 0.0367. The Morgan fingerprint density at radius 3 is 2.63 bits per heavy atom. The van der Waals surface area contributed by atoms with Crippen LogP contribution < -0.4 is 10.5 Å². The van der Waals surface area contributed by atoms with Gasteiger partial charge in [-0.15, -0.1) is 0 Å². The Morgan fingerprint density at radius 2 is 1.89 bits per heavy atom. The van der Waals surface area contributed by atoms with E-state index in [2.05, 4.69) is 0 Å². The topological polar surface area (TPSA) is 35.2 Å². The zero-order chi connectivity index (χ0) is 13.4. The van der Waals surface area contributed by atoms with Crippen LogP contribution in [0.3, 0.4) is 0 Å². The van der Waals surface area contributed by atoms with Crippen LogP contribution in [0.4, 0.5) is 8.78 Å². The van der Waals surface area contributed by atoms with Crippen LogP contribution in [0.25, 0.3) is 0 Å². The lowest BCUT2D eigenvalue weighted by atomic mass is 10.1. The second-order valence-electron chi connectivity index (χ2n) is 4.66. The van der Waals surface area contributed by atoms with Gasteiger partial charge in [0.1, 0.15) is 11.9 Å². The van der Waals surface area contributed by atoms with Crippen LogP contribution >= 0.6 is 0 Å². The van der Waals surface area contributed by atoms with Crippen LogP contribution in [0.1, 0.15) is 17.2 Å². The third-order valence-corrected chi connectivity index (χ3v) is 3.41. The molecular formula is C15H13F2NO. The molecule has 2 atom stereocenters. The van der Waals surface area contributed by atoms with Crippen molar-refractivity contribution in [3.63, 3.8) is 0 Å². The molecular weight excluding hydrogens is 248 g/mol. The predicted octanol–water partition coefficient (Wildman–Crippen LogP) is 2.97. The molecule has 0 amide bonds. The van der Waals surface area contributed by atoms with E-state index in [4.69, 9.17) is 10.5 Å². The predicted molar refractivity (Wildman–Crippen MR) is 67.8 cm³/mol. The molecule has 2 unspecified atom stereocenters. The average Bonchev–Trinajstić information content (AvgIpc) is 2.70. The fourth-order valence-corrected chi connectivity index (χ4v) is 2.44. The standard InChI is InChI=1S/C15H13F2NO/c16-10-5-6-13(12(17)8-10)19-14-7-9-3-1-2-4-11(9)15(14)18/h1-6,8,14-15H,7,18H2. The summed E-state index contributed by atoms with van der Waals surface area (Å²) in [5, 5.41) is 0. The van der Waals surface area contributed by atoms with Crippen LogP contribution in [0, 0.1) is 11.6 Å². The van der Waals surface area contributed by atoms with Gasteiger partial charge in [0, 0.05) is 12.5 Å². The van der Waals surface area contributed by atoms with Gasteiger partial charge in [0.25, 0.3) is 0 Å². The first-order chi connectivity index (χ1) is 9.15. The van der Waals surface area contributed by atoms with Crippen LogP contribution in [-0.2, 0) is 6.42 Å². The highest BCUT2D eigenvalue weighted by Gasteiger charge is 2.31. The maximum Gasteiger partial charge on any atom is 0.167 e. The van der Waals surface area contributed by atoms with Crippen molar-refractivity contribution in [2.45, 2.75) is 18.6 Å². The summed E-state index contributed by atoms with van der Waals surface area (Å²) in [5.41, 5.74) is 8.23. The van der Waals surface area contributed by atoms with Crippen molar-refractivity contribution in [1.82, 2.24) is 0 Å². The number of ether oxygens (including phenoxy) is 1. The van der Waals surface area contributed by atoms with Gasteiger partial charge in [-0.1, -0.05) is 24.3 Å². The quantitative estimate of drug-likeness (QED) is 0.902. The van der Waals surface area contributed by atoms with Crippen molar-refractivity contribution in [2.24, 2.45) is 5.73 Å². The third-order valence-electron chi connectivity index (χ3n) is 3.41. The molecule has 0 saturated carbocycles. The van der Waals surface area contributed by atoms with Gasteiger partial charge in [0.15, 0.2) is 11.6 Å². The van der Waals surface area contributed by atoms with E-state index in [1.54, 1.807) is 0 Å². The van der Waals surface area contributed by atoms with Gasteiger partial charge in [-0.3, -0.25) is 0 Å². The van der Waals surface area contributed by atoms with Crippen molar-refractivity contribution < 1.29 is 13.5 Å². The molecule has 0 aliphatic heterocycles. The molecule has 2 aromatic rings. The molecule has 0 radical (unpaired) electrons. The highest BCUT2D eigenvalue weighted by molar-refractivity contribution is 5.37. The molecule has 1 aliphatic rings. The second kappa shape index (κ2) is 4.63. The highest BCUT2D eigenvalue weighted by Crippen LogP contribution is 2.33. The van der Waals surface area contributed by atoms with Gasteiger partial charge in [-0.2, -0.15) is 0 Å². The molecule has 2 aromatic carbocycles. The molecule has 4 heteroatoms. The van der Waals surface area contributed by atoms with E-state index in [9.17, 15) is 8.78 Å². The molecule has 3 rings (SSSR count). The Bertz CT molecular complexity index is 615. The number of benzene rings is 2. The van der Waals surface area contributed by atoms with Crippen LogP contribution in [0.15, 0.2) is 42.5 Å². The maximum absolute atomic E-state index is 13.6. The zero-order valence-electron chi connectivity index (χ0n) is 10.1. The smallest absolute Gasteiger partial charge is 0.167 e. The maximum atomic E-state index is 13.6. The van der Waals surface area contributed by atoms with Crippen molar-refractivity contribution in [2.75, 3.05) is 0 Å². The first-order valence-corrected chi connectivity index (χ1v) is 6.10. The molecule has 98 valence electrons. The van der Waals surface area contributed by atoms with Crippen LogP contribution in [-0.4, -0.2) is 6.10 Å². The molecule has 0 heterocycles. The van der Waals surface area contributed by atoms with Crippen molar-refractivity contribution in [3.05, 3.63) is 65.2 Å². The molecule has 2 N–H and O–H groups in total. The Labute approximate surface area is 109 Å². The Balaban J connectivity index is 1.83. The van der Waals surface area contributed by atoms with E-state index in [0.29, 0.717) is 6.42 Å². The fraction of sp³-hybridized carbons (Fsp3) is 0.200. The lowest BCUT2D eigenvalue weighted by molar-refractivity contribution is 0.177. The van der Waals surface area contributed by atoms with E-state index >= 15 is 0 Å². The lowest BCUT2D eigenvalue weighted by Gasteiger charge is -2.18. The van der Waals surface area contributed by atoms with Crippen LogP contribution in [0.2, 0.25) is 0 Å². The summed E-state index contributed by atoms with van der Waals surface area (Å²) in [4.78, 5) is 0. The van der Waals surface area contributed by atoms with Gasteiger partial charge in [-0.25, -0.2) is 8.78 Å². The molecule has 0 aromatic heterocycles. The molecule has 0 saturated heterocycles. The minimum Gasteiger partial charge on any atom is -0.485 e. The molecule has 0 fully saturated rings. The number of rotatable bonds is 2. The van der Waals surface area contributed by atoms with E-state index in [0.717, 1.165) is 17.2 Å². The van der Waals surface area contributed by atoms with Crippen molar-refractivity contribution in [3.8, 4) is 5.75 Å². The minimum atomic E-state index is -0.705. The zero-order valence-corrected chi connectivity index (χ0v) is 10.1. The van der Waals surface area contributed by atoms with Gasteiger partial charge in [0.2, 0.25) is 0 Å². The van der Waals surface area contributed by atoms with Gasteiger partial charge in [-0.05, 0) is 23.3 Å². The molecule has 19 heavy (non-hydrogen) atoms. The van der Waals surface area contributed by atoms with Gasteiger partial charge in [0.05, 0.1) is 6.04 Å².